The van der Waals surface area contributed by atoms with Gasteiger partial charge in [0.05, 0.1) is 11.8 Å². The van der Waals surface area contributed by atoms with Gasteiger partial charge in [-0.25, -0.2) is 5.01 Å². The third kappa shape index (κ3) is 3.25. The van der Waals surface area contributed by atoms with Crippen LogP contribution in [0.1, 0.15) is 39.5 Å². The minimum atomic E-state index is -0.773. The number of aryl methyl sites for hydroxylation is 1. The molecular weight excluding hydrogens is 428 g/mol. The maximum atomic E-state index is 13.3. The normalized spacial score (nSPS) is 19.8. The second kappa shape index (κ2) is 7.16. The molecule has 3 aromatic carbocycles. The highest BCUT2D eigenvalue weighted by Gasteiger charge is 2.43. The van der Waals surface area contributed by atoms with Gasteiger partial charge >= 0.3 is 0 Å². The van der Waals surface area contributed by atoms with E-state index in [0.29, 0.717) is 5.56 Å². The molecule has 4 nitrogen and oxygen atoms in total. The summed E-state index contributed by atoms with van der Waals surface area (Å²) in [6.07, 6.45) is -0.0368. The van der Waals surface area contributed by atoms with Crippen LogP contribution in [0.3, 0.4) is 0 Å². The summed E-state index contributed by atoms with van der Waals surface area (Å²) in [4.78, 5) is 13.3. The number of ketones is 1. The van der Waals surface area contributed by atoms with Gasteiger partial charge in [-0.15, -0.1) is 0 Å². The Morgan fingerprint density at radius 2 is 1.76 bits per heavy atom. The molecule has 2 unspecified atom stereocenters. The van der Waals surface area contributed by atoms with Gasteiger partial charge in [0.25, 0.3) is 6.23 Å². The van der Waals surface area contributed by atoms with E-state index in [0.717, 1.165) is 39.0 Å². The van der Waals surface area contributed by atoms with Crippen molar-refractivity contribution in [2.75, 3.05) is 0 Å². The molecule has 144 valence electrons. The van der Waals surface area contributed by atoms with Gasteiger partial charge in [0.1, 0.15) is 5.75 Å². The first kappa shape index (κ1) is 18.1. The number of nitrogens with zero attached hydrogens (tertiary/aromatic N) is 2. The number of ether oxygens (including phenoxy) is 1. The van der Waals surface area contributed by atoms with Crippen molar-refractivity contribution < 1.29 is 9.53 Å². The van der Waals surface area contributed by atoms with Gasteiger partial charge in [-0.2, -0.15) is 5.10 Å². The number of hydrogen-bond acceptors (Lipinski definition) is 4. The molecule has 0 N–H and O–H groups in total. The molecule has 0 amide bonds. The van der Waals surface area contributed by atoms with E-state index in [9.17, 15) is 4.79 Å². The van der Waals surface area contributed by atoms with Crippen molar-refractivity contribution in [3.63, 3.8) is 0 Å². The van der Waals surface area contributed by atoms with Crippen LogP contribution in [0.25, 0.3) is 0 Å². The monoisotopic (exact) mass is 446 g/mol. The van der Waals surface area contributed by atoms with E-state index in [1.54, 1.807) is 0 Å². The lowest BCUT2D eigenvalue weighted by molar-refractivity contribution is -0.00455. The van der Waals surface area contributed by atoms with E-state index in [4.69, 9.17) is 9.84 Å². The molecular formula is C24H19BrN2O2. The van der Waals surface area contributed by atoms with E-state index < -0.39 is 6.23 Å². The van der Waals surface area contributed by atoms with Crippen molar-refractivity contribution in [3.05, 3.63) is 99.5 Å². The lowest BCUT2D eigenvalue weighted by atomic mass is 9.96. The first-order valence-electron chi connectivity index (χ1n) is 9.58. The molecule has 2 aliphatic rings. The fourth-order valence-corrected chi connectivity index (χ4v) is 4.15. The number of halogens is 1. The molecule has 0 bridgehead atoms. The molecule has 0 aliphatic carbocycles. The molecule has 0 radical (unpaired) electrons. The number of hydrogen-bond donors (Lipinski definition) is 0. The molecule has 2 heterocycles. The summed E-state index contributed by atoms with van der Waals surface area (Å²) in [6, 6.07) is 23.6. The highest BCUT2D eigenvalue weighted by atomic mass is 79.9. The Labute approximate surface area is 177 Å². The van der Waals surface area contributed by atoms with Gasteiger partial charge in [0, 0.05) is 22.0 Å². The molecule has 2 atom stereocenters. The van der Waals surface area contributed by atoms with Crippen LogP contribution in [-0.4, -0.2) is 22.7 Å². The number of hydrazone groups is 1. The number of rotatable bonds is 3. The third-order valence-corrected chi connectivity index (χ3v) is 5.97. The van der Waals surface area contributed by atoms with E-state index in [1.807, 2.05) is 78.7 Å². The Balaban J connectivity index is 1.55. The van der Waals surface area contributed by atoms with Crippen molar-refractivity contribution in [2.24, 2.45) is 5.10 Å². The van der Waals surface area contributed by atoms with Crippen LogP contribution in [0.2, 0.25) is 0 Å². The van der Waals surface area contributed by atoms with Crippen LogP contribution in [0.4, 0.5) is 0 Å². The average Bonchev–Trinajstić information content (AvgIpc) is 3.19. The fraction of sp³-hybridized carbons (Fsp3) is 0.167. The van der Waals surface area contributed by atoms with E-state index >= 15 is 0 Å². The van der Waals surface area contributed by atoms with E-state index in [-0.39, 0.29) is 11.8 Å². The second-order valence-corrected chi connectivity index (χ2v) is 8.31. The van der Waals surface area contributed by atoms with Gasteiger partial charge in [-0.3, -0.25) is 4.79 Å². The van der Waals surface area contributed by atoms with Crippen molar-refractivity contribution in [2.45, 2.75) is 25.6 Å². The van der Waals surface area contributed by atoms with E-state index in [2.05, 4.69) is 22.0 Å². The molecule has 0 saturated heterocycles. The Kier molecular flexibility index (Phi) is 4.47. The largest absolute Gasteiger partial charge is 0.461 e. The van der Waals surface area contributed by atoms with E-state index in [1.165, 1.54) is 0 Å². The second-order valence-electron chi connectivity index (χ2n) is 7.39. The zero-order valence-electron chi connectivity index (χ0n) is 15.9. The van der Waals surface area contributed by atoms with Crippen LogP contribution in [-0.2, 0) is 0 Å². The summed E-state index contributed by atoms with van der Waals surface area (Å²) in [6.45, 7) is 2.01. The quantitative estimate of drug-likeness (QED) is 0.498. The molecule has 0 saturated carbocycles. The minimum Gasteiger partial charge on any atom is -0.461 e. The molecule has 0 fully saturated rings. The lowest BCUT2D eigenvalue weighted by Gasteiger charge is -2.37. The smallest absolute Gasteiger partial charge is 0.251 e. The highest BCUT2D eigenvalue weighted by Crippen LogP contribution is 2.43. The van der Waals surface area contributed by atoms with Gasteiger partial charge in [-0.05, 0) is 30.7 Å². The Morgan fingerprint density at radius 3 is 2.52 bits per heavy atom. The molecule has 0 spiro atoms. The van der Waals surface area contributed by atoms with Gasteiger partial charge in [0.15, 0.2) is 0 Å². The summed E-state index contributed by atoms with van der Waals surface area (Å²) in [7, 11) is 0. The van der Waals surface area contributed by atoms with Crippen molar-refractivity contribution in [3.8, 4) is 5.75 Å². The summed E-state index contributed by atoms with van der Waals surface area (Å²) >= 11 is 3.48. The van der Waals surface area contributed by atoms with Crippen LogP contribution in [0.5, 0.6) is 5.75 Å². The molecule has 5 heteroatoms. The Morgan fingerprint density at radius 1 is 1.03 bits per heavy atom. The van der Waals surface area contributed by atoms with Crippen LogP contribution < -0.4 is 4.74 Å². The maximum Gasteiger partial charge on any atom is 0.251 e. The van der Waals surface area contributed by atoms with Crippen molar-refractivity contribution in [1.29, 1.82) is 0 Å². The number of fused-ring (bicyclic) bond motifs is 3. The van der Waals surface area contributed by atoms with Crippen molar-refractivity contribution in [1.82, 2.24) is 5.01 Å². The van der Waals surface area contributed by atoms with Crippen LogP contribution >= 0.6 is 15.9 Å². The number of benzene rings is 3. The summed E-state index contributed by atoms with van der Waals surface area (Å²) in [5.41, 5.74) is 4.83. The summed E-state index contributed by atoms with van der Waals surface area (Å²) in [5.74, 6) is 0.678. The average molecular weight is 447 g/mol. The summed E-state index contributed by atoms with van der Waals surface area (Å²) in [5, 5.41) is 6.68. The summed E-state index contributed by atoms with van der Waals surface area (Å²) < 4.78 is 7.18. The molecule has 0 aromatic heterocycles. The lowest BCUT2D eigenvalue weighted by Crippen LogP contribution is -2.45. The maximum absolute atomic E-state index is 13.3. The number of para-hydroxylation sites is 1. The van der Waals surface area contributed by atoms with Crippen LogP contribution in [0.15, 0.2) is 82.4 Å². The zero-order valence-corrected chi connectivity index (χ0v) is 17.5. The molecule has 29 heavy (non-hydrogen) atoms. The van der Waals surface area contributed by atoms with Crippen molar-refractivity contribution >= 4 is 27.4 Å². The number of Topliss-reactive ketones (excluding diaryl/α,β-unsaturated/α-hetero) is 1. The zero-order chi connectivity index (χ0) is 20.0. The highest BCUT2D eigenvalue weighted by molar-refractivity contribution is 9.10. The van der Waals surface area contributed by atoms with Crippen LogP contribution in [0, 0.1) is 6.92 Å². The standard InChI is InChI=1S/C24H19BrN2O2/c1-15-6-8-17(9-7-15)23(28)24-27-21(19-4-2-3-5-22(19)29-24)14-20(26-27)16-10-12-18(25)13-11-16/h2-13,21,24H,14H2,1H3. The first-order valence-corrected chi connectivity index (χ1v) is 10.4. The first-order chi connectivity index (χ1) is 14.1. The predicted octanol–water partition coefficient (Wildman–Crippen LogP) is 5.51. The predicted molar refractivity (Wildman–Crippen MR) is 116 cm³/mol. The Bertz CT molecular complexity index is 1110. The fourth-order valence-electron chi connectivity index (χ4n) is 3.88. The SMILES string of the molecule is Cc1ccc(C(=O)C2Oc3ccccc3C3CC(c4ccc(Br)cc4)=NN23)cc1. The Hall–Kier alpha value is -2.92. The molecule has 3 aromatic rings. The van der Waals surface area contributed by atoms with Gasteiger partial charge in [-0.1, -0.05) is 76.1 Å². The molecule has 2 aliphatic heterocycles. The third-order valence-electron chi connectivity index (χ3n) is 5.44. The number of carbonyl (C=O) groups is 1. The molecule has 5 rings (SSSR count). The van der Waals surface area contributed by atoms with Gasteiger partial charge in [0.2, 0.25) is 5.78 Å². The number of carbonyl (C=O) groups excluding carboxylic acids is 1. The minimum absolute atomic E-state index is 0.0157. The topological polar surface area (TPSA) is 41.9 Å². The van der Waals surface area contributed by atoms with Gasteiger partial charge < -0.3 is 4.74 Å².